The van der Waals surface area contributed by atoms with Crippen molar-refractivity contribution >= 4 is 47.0 Å². The number of hydrogen-bond donors (Lipinski definition) is 8. The van der Waals surface area contributed by atoms with Crippen molar-refractivity contribution in [2.75, 3.05) is 45.7 Å². The molecule has 0 saturated carbocycles. The van der Waals surface area contributed by atoms with Crippen LogP contribution in [-0.2, 0) is 35.2 Å². The number of hydrogen-bond acceptors (Lipinski definition) is 9. The Bertz CT molecular complexity index is 1690. The van der Waals surface area contributed by atoms with Crippen molar-refractivity contribution < 1.29 is 39.0 Å². The molecule has 0 aliphatic carbocycles. The van der Waals surface area contributed by atoms with Crippen LogP contribution in [0.5, 0.6) is 11.5 Å². The number of amides is 6. The summed E-state index contributed by atoms with van der Waals surface area (Å²) in [7, 11) is 1.35. The molecule has 2 aromatic rings. The molecule has 6 amide bonds. The first-order chi connectivity index (χ1) is 27.3. The minimum atomic E-state index is -1.35. The molecule has 2 atom stereocenters. The molecule has 2 unspecified atom stereocenters. The molecule has 1 heterocycles. The van der Waals surface area contributed by atoms with E-state index in [0.29, 0.717) is 17.6 Å². The molecule has 0 aromatic heterocycles. The first-order valence-corrected chi connectivity index (χ1v) is 20.0. The summed E-state index contributed by atoms with van der Waals surface area (Å²) in [4.78, 5) is 78.8. The van der Waals surface area contributed by atoms with Crippen LogP contribution in [0.1, 0.15) is 88.8 Å². The number of carbonyl (C=O) groups is 6. The number of rotatable bonds is 18. The van der Waals surface area contributed by atoms with Gasteiger partial charge in [-0.15, -0.1) is 11.6 Å². The highest BCUT2D eigenvalue weighted by Gasteiger charge is 2.31. The standard InChI is InChI=1S/C37H49ClN6O8.C4H11N/c1-4-5-6-7-8-9-31(47)39-15-14-32(48)40-22-34(50)44(3)35-25-11-13-30(46)27(18-25)26-16-24(10-12-29(26)45)17-28(36(51)41-20-23(2)19-38)43-33(49)21-42-37(35)52;1-2-3-4-5/h10-13,16,18,28,35,45-46H,2,4-9,14-15,17,19-22H2,1,3H3,(H,39,47)(H,40,48)(H,41,51)(H,42,52)(H,43,49);2-5H2,1H3. The van der Waals surface area contributed by atoms with Gasteiger partial charge in [-0.25, -0.2) is 0 Å². The van der Waals surface area contributed by atoms with Crippen molar-refractivity contribution in [3.05, 3.63) is 59.7 Å². The second kappa shape index (κ2) is 25.9. The molecule has 57 heavy (non-hydrogen) atoms. The van der Waals surface area contributed by atoms with Gasteiger partial charge in [-0.2, -0.15) is 0 Å². The monoisotopic (exact) mass is 813 g/mol. The van der Waals surface area contributed by atoms with Gasteiger partial charge >= 0.3 is 0 Å². The van der Waals surface area contributed by atoms with Crippen molar-refractivity contribution in [2.45, 2.75) is 90.1 Å². The molecule has 0 saturated heterocycles. The Hall–Kier alpha value is -5.15. The van der Waals surface area contributed by atoms with Gasteiger partial charge in [0.05, 0.1) is 13.1 Å². The van der Waals surface area contributed by atoms with Gasteiger partial charge in [-0.05, 0) is 60.4 Å². The number of carbonyl (C=O) groups excluding carboxylic acids is 6. The molecular weight excluding hydrogens is 754 g/mol. The van der Waals surface area contributed by atoms with Crippen molar-refractivity contribution in [1.82, 2.24) is 31.5 Å². The number of benzene rings is 2. The average molecular weight is 814 g/mol. The summed E-state index contributed by atoms with van der Waals surface area (Å²) in [6.07, 6.45) is 7.78. The van der Waals surface area contributed by atoms with Crippen LogP contribution in [0, 0.1) is 0 Å². The van der Waals surface area contributed by atoms with Crippen LogP contribution in [-0.4, -0.2) is 102 Å². The zero-order valence-electron chi connectivity index (χ0n) is 33.4. The third-order valence-corrected chi connectivity index (χ3v) is 9.49. The van der Waals surface area contributed by atoms with Gasteiger partial charge in [0.1, 0.15) is 23.6 Å². The minimum Gasteiger partial charge on any atom is -0.507 e. The molecule has 3 rings (SSSR count). The molecule has 1 aliphatic rings. The van der Waals surface area contributed by atoms with Crippen LogP contribution >= 0.6 is 11.6 Å². The zero-order chi connectivity index (χ0) is 42.3. The number of nitrogens with zero attached hydrogens (tertiary/aromatic N) is 1. The summed E-state index contributed by atoms with van der Waals surface area (Å²) >= 11 is 5.78. The Morgan fingerprint density at radius 1 is 0.877 bits per heavy atom. The predicted octanol–water partition coefficient (Wildman–Crippen LogP) is 3.06. The van der Waals surface area contributed by atoms with E-state index in [2.05, 4.69) is 47.0 Å². The fourth-order valence-corrected chi connectivity index (χ4v) is 5.88. The quantitative estimate of drug-likeness (QED) is 0.0627. The third kappa shape index (κ3) is 16.9. The van der Waals surface area contributed by atoms with Gasteiger partial charge in [0.15, 0.2) is 0 Å². The molecule has 4 bridgehead atoms. The maximum absolute atomic E-state index is 13.7. The van der Waals surface area contributed by atoms with Gasteiger partial charge in [-0.1, -0.05) is 64.7 Å². The van der Waals surface area contributed by atoms with Crippen LogP contribution in [0.3, 0.4) is 0 Å². The molecule has 2 aromatic carbocycles. The second-order valence-corrected chi connectivity index (χ2v) is 14.1. The van der Waals surface area contributed by atoms with E-state index in [1.807, 2.05) is 0 Å². The highest BCUT2D eigenvalue weighted by molar-refractivity contribution is 6.19. The SMILES string of the molecule is C=C(CCl)CNC(=O)C1Cc2ccc(O)c(c2)-c2cc(ccc2O)C(N(C)C(=O)CNC(=O)CCNC(=O)CCCCCCC)C(=O)NCC(=O)N1.CCCCN. The van der Waals surface area contributed by atoms with Crippen LogP contribution in [0.2, 0.25) is 0 Å². The number of phenols is 2. The molecule has 15 nitrogen and oxygen atoms in total. The second-order valence-electron chi connectivity index (χ2n) is 13.9. The lowest BCUT2D eigenvalue weighted by Crippen LogP contribution is -2.52. The Morgan fingerprint density at radius 3 is 2.18 bits per heavy atom. The van der Waals surface area contributed by atoms with Crippen LogP contribution in [0.25, 0.3) is 11.1 Å². The lowest BCUT2D eigenvalue weighted by Gasteiger charge is -2.29. The van der Waals surface area contributed by atoms with Crippen LogP contribution in [0.15, 0.2) is 48.6 Å². The lowest BCUT2D eigenvalue weighted by atomic mass is 9.94. The molecule has 9 N–H and O–H groups in total. The summed E-state index contributed by atoms with van der Waals surface area (Å²) in [5.74, 6) is -3.57. The fraction of sp³-hybridized carbons (Fsp3) is 0.512. The van der Waals surface area contributed by atoms with E-state index >= 15 is 0 Å². The largest absolute Gasteiger partial charge is 0.507 e. The van der Waals surface area contributed by atoms with Crippen molar-refractivity contribution in [3.8, 4) is 22.6 Å². The smallest absolute Gasteiger partial charge is 0.247 e. The summed E-state index contributed by atoms with van der Waals surface area (Å²) in [5.41, 5.74) is 6.79. The summed E-state index contributed by atoms with van der Waals surface area (Å²) < 4.78 is 0. The van der Waals surface area contributed by atoms with E-state index in [0.717, 1.165) is 43.5 Å². The number of aromatic hydroxyl groups is 2. The van der Waals surface area contributed by atoms with Gasteiger partial charge in [0.2, 0.25) is 35.4 Å². The first-order valence-electron chi connectivity index (χ1n) is 19.5. The van der Waals surface area contributed by atoms with E-state index < -0.39 is 54.7 Å². The summed E-state index contributed by atoms with van der Waals surface area (Å²) in [5, 5.41) is 34.7. The number of unbranched alkanes of at least 4 members (excludes halogenated alkanes) is 5. The van der Waals surface area contributed by atoms with E-state index in [1.165, 1.54) is 44.2 Å². The van der Waals surface area contributed by atoms with Gasteiger partial charge in [0.25, 0.3) is 0 Å². The van der Waals surface area contributed by atoms with Gasteiger partial charge in [0, 0.05) is 56.4 Å². The number of alkyl halides is 1. The molecule has 0 fully saturated rings. The van der Waals surface area contributed by atoms with E-state index in [9.17, 15) is 39.0 Å². The average Bonchev–Trinajstić information content (AvgIpc) is 3.19. The van der Waals surface area contributed by atoms with Crippen molar-refractivity contribution in [1.29, 1.82) is 0 Å². The molecule has 0 spiro atoms. The first kappa shape index (κ1) is 48.0. The maximum Gasteiger partial charge on any atom is 0.247 e. The van der Waals surface area contributed by atoms with E-state index in [1.54, 1.807) is 12.1 Å². The van der Waals surface area contributed by atoms with Crippen molar-refractivity contribution in [2.24, 2.45) is 5.73 Å². The summed E-state index contributed by atoms with van der Waals surface area (Å²) in [6.45, 7) is 8.02. The van der Waals surface area contributed by atoms with Gasteiger partial charge in [-0.3, -0.25) is 28.8 Å². The highest BCUT2D eigenvalue weighted by atomic mass is 35.5. The minimum absolute atomic E-state index is 0.00365. The Balaban J connectivity index is 0.00000210. The number of nitrogens with two attached hydrogens (primary N) is 1. The Morgan fingerprint density at radius 2 is 1.53 bits per heavy atom. The number of fused-ring (bicyclic) bond motifs is 5. The van der Waals surface area contributed by atoms with Crippen molar-refractivity contribution in [3.63, 3.8) is 0 Å². The fourth-order valence-electron chi connectivity index (χ4n) is 5.78. The number of likely N-dealkylation sites (N-methyl/N-ethyl adjacent to an activating group) is 1. The highest BCUT2D eigenvalue weighted by Crippen LogP contribution is 2.38. The van der Waals surface area contributed by atoms with E-state index in [4.69, 9.17) is 17.3 Å². The number of phenolic OH excluding ortho intramolecular Hbond substituents is 2. The van der Waals surface area contributed by atoms with Crippen LogP contribution < -0.4 is 32.3 Å². The molecule has 0 radical (unpaired) electrons. The van der Waals surface area contributed by atoms with E-state index in [-0.39, 0.29) is 65.9 Å². The predicted molar refractivity (Wildman–Crippen MR) is 220 cm³/mol. The lowest BCUT2D eigenvalue weighted by molar-refractivity contribution is -0.140. The number of halogens is 1. The maximum atomic E-state index is 13.7. The van der Waals surface area contributed by atoms with Gasteiger partial charge < -0.3 is 47.4 Å². The molecule has 314 valence electrons. The molecule has 1 aliphatic heterocycles. The number of nitrogens with one attached hydrogen (secondary N) is 5. The molecular formula is C41H60ClN7O8. The van der Waals surface area contributed by atoms with Crippen LogP contribution in [0.4, 0.5) is 0 Å². The Labute approximate surface area is 340 Å². The Kier molecular flexibility index (Phi) is 21.8. The summed E-state index contributed by atoms with van der Waals surface area (Å²) in [6, 6.07) is 6.26. The molecule has 16 heteroatoms. The normalized spacial score (nSPS) is 15.0. The zero-order valence-corrected chi connectivity index (χ0v) is 34.1. The topological polar surface area (TPSA) is 232 Å². The third-order valence-electron chi connectivity index (χ3n) is 9.11.